The lowest BCUT2D eigenvalue weighted by Crippen LogP contribution is -2.32. The lowest BCUT2D eigenvalue weighted by molar-refractivity contribution is -0.192. The maximum absolute atomic E-state index is 12.5. The predicted octanol–water partition coefficient (Wildman–Crippen LogP) is 2.51. The number of hydrogen-bond acceptors (Lipinski definition) is 4. The van der Waals surface area contributed by atoms with Gasteiger partial charge in [0.15, 0.2) is 0 Å². The Bertz CT molecular complexity index is 662. The van der Waals surface area contributed by atoms with Crippen molar-refractivity contribution in [3.63, 3.8) is 0 Å². The van der Waals surface area contributed by atoms with Gasteiger partial charge in [-0.1, -0.05) is 30.3 Å². The second kappa shape index (κ2) is 10.4. The summed E-state index contributed by atoms with van der Waals surface area (Å²) in [7, 11) is 0. The van der Waals surface area contributed by atoms with Crippen LogP contribution in [-0.2, 0) is 21.0 Å². The maximum atomic E-state index is 12.5. The summed E-state index contributed by atoms with van der Waals surface area (Å²) in [4.78, 5) is 28.8. The molecule has 0 radical (unpaired) electrons. The van der Waals surface area contributed by atoms with Crippen LogP contribution in [0.2, 0.25) is 0 Å². The van der Waals surface area contributed by atoms with E-state index < -0.39 is 24.6 Å². The van der Waals surface area contributed by atoms with Crippen molar-refractivity contribution in [1.29, 1.82) is 5.26 Å². The molecule has 0 saturated carbocycles. The van der Waals surface area contributed by atoms with Gasteiger partial charge in [-0.15, -0.1) is 0 Å². The average Bonchev–Trinajstić information content (AvgIpc) is 2.61. The van der Waals surface area contributed by atoms with Crippen LogP contribution in [0.15, 0.2) is 30.3 Å². The fraction of sp³-hybridized carbons (Fsp3) is 0.438. The summed E-state index contributed by atoms with van der Waals surface area (Å²) in [6.07, 6.45) is -5.76. The highest BCUT2D eigenvalue weighted by Gasteiger charge is 2.15. The van der Waals surface area contributed by atoms with Crippen molar-refractivity contribution in [2.75, 3.05) is 6.54 Å². The quantitative estimate of drug-likeness (QED) is 0.530. The molecule has 0 fully saturated rings. The minimum absolute atomic E-state index is 0.0724. The Labute approximate surface area is 135 Å². The molecule has 0 aromatic heterocycles. The van der Waals surface area contributed by atoms with Gasteiger partial charge in [0.2, 0.25) is 5.91 Å². The molecule has 0 aliphatic rings. The first-order valence-electron chi connectivity index (χ1n) is 8.73. The van der Waals surface area contributed by atoms with Crippen molar-refractivity contribution in [3.05, 3.63) is 35.9 Å². The zero-order valence-corrected chi connectivity index (χ0v) is 12.0. The largest absolute Gasteiger partial charge is 0.481 e. The topological polar surface area (TPSA) is 90.6 Å². The van der Waals surface area contributed by atoms with E-state index in [1.165, 1.54) is 0 Å². The third kappa shape index (κ3) is 7.41. The molecular weight excluding hydrogens is 284 g/mol. The smallest absolute Gasteiger partial charge is 0.303 e. The van der Waals surface area contributed by atoms with Crippen LogP contribution in [0.3, 0.4) is 0 Å². The van der Waals surface area contributed by atoms with E-state index in [-0.39, 0.29) is 19.6 Å². The van der Waals surface area contributed by atoms with Gasteiger partial charge in [0.25, 0.3) is 0 Å². The van der Waals surface area contributed by atoms with Crippen LogP contribution in [0, 0.1) is 11.3 Å². The van der Waals surface area contributed by atoms with Gasteiger partial charge in [0, 0.05) is 24.8 Å². The Kier molecular flexibility index (Phi) is 5.73. The van der Waals surface area contributed by atoms with Crippen LogP contribution in [0.5, 0.6) is 0 Å². The highest BCUT2D eigenvalue weighted by molar-refractivity contribution is 5.79. The highest BCUT2D eigenvalue weighted by Crippen LogP contribution is 2.08. The summed E-state index contributed by atoms with van der Waals surface area (Å²) < 4.78 is 30.2. The van der Waals surface area contributed by atoms with E-state index in [2.05, 4.69) is 0 Å². The summed E-state index contributed by atoms with van der Waals surface area (Å²) in [5.41, 5.74) is 0.698. The van der Waals surface area contributed by atoms with Crippen LogP contribution in [0.4, 0.5) is 0 Å². The van der Waals surface area contributed by atoms with Gasteiger partial charge in [-0.3, -0.25) is 14.4 Å². The minimum Gasteiger partial charge on any atom is -0.481 e. The van der Waals surface area contributed by atoms with Crippen molar-refractivity contribution >= 4 is 11.9 Å². The summed E-state index contributed by atoms with van der Waals surface area (Å²) in [5.74, 6) is -3.50. The van der Waals surface area contributed by atoms with Crippen molar-refractivity contribution in [2.24, 2.45) is 0 Å². The van der Waals surface area contributed by atoms with Crippen LogP contribution < -0.4 is 0 Å². The van der Waals surface area contributed by atoms with Gasteiger partial charge < -0.3 is 5.11 Å². The third-order valence-corrected chi connectivity index (χ3v) is 2.63. The number of aliphatic carboxylic acids is 1. The normalized spacial score (nSPS) is 14.0. The van der Waals surface area contributed by atoms with E-state index in [9.17, 15) is 9.59 Å². The Morgan fingerprint density at radius 3 is 2.64 bits per heavy atom. The minimum atomic E-state index is -3.43. The molecule has 1 N–H and O–H groups in total. The molecule has 0 atom stereocenters. The fourth-order valence-corrected chi connectivity index (χ4v) is 1.58. The Morgan fingerprint density at radius 2 is 2.00 bits per heavy atom. The Morgan fingerprint density at radius 1 is 1.27 bits per heavy atom. The molecule has 0 aliphatic carbocycles. The molecule has 1 amide bonds. The van der Waals surface area contributed by atoms with E-state index in [4.69, 9.17) is 20.7 Å². The summed E-state index contributed by atoms with van der Waals surface area (Å²) in [6, 6.07) is 10.7. The van der Waals surface area contributed by atoms with Crippen molar-refractivity contribution < 1.29 is 25.0 Å². The second-order valence-electron chi connectivity index (χ2n) is 4.34. The maximum Gasteiger partial charge on any atom is 0.303 e. The molecule has 0 aliphatic heterocycles. The van der Waals surface area contributed by atoms with Crippen LogP contribution >= 0.6 is 0 Å². The standard InChI is InChI=1S/C16H20N2O4/c17-11-5-2-6-12-18(15(19)9-10-16(20)21)22-13-14-7-3-1-4-8-14/h1,3-4,7-8H,2,5-6,9-10,12-13H2,(H,20,21)/i9D2,10D2. The number of amides is 1. The molecule has 1 rings (SSSR count). The third-order valence-electron chi connectivity index (χ3n) is 2.63. The van der Waals surface area contributed by atoms with Crippen LogP contribution in [0.1, 0.15) is 43.1 Å². The Balaban J connectivity index is 2.92. The molecule has 22 heavy (non-hydrogen) atoms. The van der Waals surface area contributed by atoms with Crippen molar-refractivity contribution in [3.8, 4) is 6.07 Å². The monoisotopic (exact) mass is 308 g/mol. The average molecular weight is 308 g/mol. The number of carboxylic acids is 1. The van der Waals surface area contributed by atoms with E-state index in [0.717, 1.165) is 0 Å². The molecule has 0 heterocycles. The lowest BCUT2D eigenvalue weighted by Gasteiger charge is -2.21. The molecule has 118 valence electrons. The molecule has 1 aromatic rings. The number of rotatable bonds is 10. The van der Waals surface area contributed by atoms with Crippen LogP contribution in [0.25, 0.3) is 0 Å². The summed E-state index contributed by atoms with van der Waals surface area (Å²) in [6.45, 7) is -0.167. The zero-order valence-electron chi connectivity index (χ0n) is 16.0. The second-order valence-corrected chi connectivity index (χ2v) is 4.34. The highest BCUT2D eigenvalue weighted by atomic mass is 16.7. The van der Waals surface area contributed by atoms with Gasteiger partial charge in [-0.2, -0.15) is 5.26 Å². The zero-order chi connectivity index (χ0) is 19.8. The SMILES string of the molecule is [2H]C([2H])(C(=O)O)C([2H])([2H])C(=O)N(CCCCC#N)OCc1ccccc1. The number of carbonyl (C=O) groups excluding carboxylic acids is 1. The van der Waals surface area contributed by atoms with Gasteiger partial charge >= 0.3 is 5.97 Å². The van der Waals surface area contributed by atoms with Crippen molar-refractivity contribution in [2.45, 2.75) is 38.6 Å². The van der Waals surface area contributed by atoms with Gasteiger partial charge in [0.1, 0.15) is 6.61 Å². The molecular formula is C16H20N2O4. The van der Waals surface area contributed by atoms with Gasteiger partial charge in [-0.05, 0) is 18.4 Å². The number of nitrogens with zero attached hydrogens (tertiary/aromatic N) is 2. The summed E-state index contributed by atoms with van der Waals surface area (Å²) >= 11 is 0. The fourth-order valence-electron chi connectivity index (χ4n) is 1.58. The van der Waals surface area contributed by atoms with E-state index in [1.54, 1.807) is 30.3 Å². The summed E-state index contributed by atoms with van der Waals surface area (Å²) in [5, 5.41) is 18.1. The van der Waals surface area contributed by atoms with E-state index >= 15 is 0 Å². The Hall–Kier alpha value is -2.39. The number of benzene rings is 1. The number of unbranched alkanes of at least 4 members (excludes halogenated alkanes) is 2. The molecule has 0 saturated heterocycles. The van der Waals surface area contributed by atoms with Gasteiger partial charge in [0.05, 0.1) is 12.4 Å². The molecule has 6 heteroatoms. The van der Waals surface area contributed by atoms with Crippen molar-refractivity contribution in [1.82, 2.24) is 5.06 Å². The molecule has 0 spiro atoms. The first-order valence-corrected chi connectivity index (χ1v) is 6.73. The first-order chi connectivity index (χ1) is 12.1. The number of carboxylic acid groups (broad SMARTS) is 1. The molecule has 0 bridgehead atoms. The number of nitriles is 1. The van der Waals surface area contributed by atoms with Crippen LogP contribution in [-0.4, -0.2) is 28.6 Å². The number of hydroxylamine groups is 2. The lowest BCUT2D eigenvalue weighted by atomic mass is 10.2. The molecule has 1 aromatic carbocycles. The van der Waals surface area contributed by atoms with E-state index in [1.807, 2.05) is 6.07 Å². The molecule has 6 nitrogen and oxygen atoms in total. The number of carbonyl (C=O) groups is 2. The first kappa shape index (κ1) is 12.2. The van der Waals surface area contributed by atoms with E-state index in [0.29, 0.717) is 23.5 Å². The predicted molar refractivity (Wildman–Crippen MR) is 79.3 cm³/mol. The molecule has 0 unspecified atom stereocenters. The van der Waals surface area contributed by atoms with Gasteiger partial charge in [-0.25, -0.2) is 5.06 Å². The number of hydrogen-bond donors (Lipinski definition) is 1.